The van der Waals surface area contributed by atoms with E-state index >= 15 is 0 Å². The molecule has 0 saturated carbocycles. The van der Waals surface area contributed by atoms with Gasteiger partial charge in [0, 0.05) is 17.5 Å². The summed E-state index contributed by atoms with van der Waals surface area (Å²) in [6.45, 7) is 3.98. The van der Waals surface area contributed by atoms with E-state index in [1.807, 2.05) is 97.4 Å². The number of carbonyl (C=O) groups excluding carboxylic acids is 1. The molecule has 4 rings (SSSR count). The summed E-state index contributed by atoms with van der Waals surface area (Å²) in [7, 11) is 0. The minimum Gasteiger partial charge on any atom is -0.340 e. The maximum absolute atomic E-state index is 13.0. The number of nitrogens with one attached hydrogen (secondary N) is 1. The molecule has 1 atom stereocenters. The predicted molar refractivity (Wildman–Crippen MR) is 113 cm³/mol. The number of pyridine rings is 1. The lowest BCUT2D eigenvalue weighted by atomic mass is 10.0. The van der Waals surface area contributed by atoms with E-state index in [2.05, 4.69) is 15.4 Å². The van der Waals surface area contributed by atoms with Crippen LogP contribution in [0.5, 0.6) is 0 Å². The largest absolute Gasteiger partial charge is 0.340 e. The third-order valence-electron chi connectivity index (χ3n) is 4.78. The fourth-order valence-electron chi connectivity index (χ4n) is 3.38. The predicted octanol–water partition coefficient (Wildman–Crippen LogP) is 4.40. The van der Waals surface area contributed by atoms with Crippen molar-refractivity contribution < 1.29 is 4.79 Å². The molecule has 5 nitrogen and oxygen atoms in total. The Hall–Kier alpha value is -3.73. The second kappa shape index (κ2) is 8.10. The molecule has 5 heteroatoms. The summed E-state index contributed by atoms with van der Waals surface area (Å²) in [5.41, 5.74) is 5.32. The van der Waals surface area contributed by atoms with Crippen LogP contribution in [0.25, 0.3) is 5.69 Å². The fourth-order valence-corrected chi connectivity index (χ4v) is 3.38. The van der Waals surface area contributed by atoms with Crippen molar-refractivity contribution in [2.24, 2.45) is 0 Å². The summed E-state index contributed by atoms with van der Waals surface area (Å²) in [5, 5.41) is 7.61. The van der Waals surface area contributed by atoms with Gasteiger partial charge in [0.25, 0.3) is 5.91 Å². The number of benzene rings is 2. The molecule has 0 aliphatic carbocycles. The molecule has 2 heterocycles. The number of rotatable bonds is 5. The van der Waals surface area contributed by atoms with Crippen LogP contribution >= 0.6 is 0 Å². The Morgan fingerprint density at radius 1 is 0.931 bits per heavy atom. The Labute approximate surface area is 170 Å². The molecular formula is C24H22N4O. The summed E-state index contributed by atoms with van der Waals surface area (Å²) in [6, 6.07) is 24.7. The molecule has 0 saturated heterocycles. The van der Waals surface area contributed by atoms with Gasteiger partial charge in [0.1, 0.15) is 0 Å². The molecule has 1 N–H and O–H groups in total. The maximum atomic E-state index is 13.0. The summed E-state index contributed by atoms with van der Waals surface area (Å²) >= 11 is 0. The summed E-state index contributed by atoms with van der Waals surface area (Å²) in [6.07, 6.45) is 1.74. The van der Waals surface area contributed by atoms with E-state index in [9.17, 15) is 4.79 Å². The quantitative estimate of drug-likeness (QED) is 0.556. The number of nitrogens with zero attached hydrogens (tertiary/aromatic N) is 3. The fraction of sp³-hybridized carbons (Fsp3) is 0.125. The normalized spacial score (nSPS) is 11.8. The van der Waals surface area contributed by atoms with Gasteiger partial charge in [-0.25, -0.2) is 4.68 Å². The Morgan fingerprint density at radius 3 is 2.28 bits per heavy atom. The number of hydrogen-bond acceptors (Lipinski definition) is 3. The van der Waals surface area contributed by atoms with Crippen molar-refractivity contribution >= 4 is 5.91 Å². The van der Waals surface area contributed by atoms with Crippen molar-refractivity contribution in [1.82, 2.24) is 20.1 Å². The highest BCUT2D eigenvalue weighted by Crippen LogP contribution is 2.21. The highest BCUT2D eigenvalue weighted by Gasteiger charge is 2.19. The van der Waals surface area contributed by atoms with Crippen molar-refractivity contribution in [1.29, 1.82) is 0 Å². The Bertz CT molecular complexity index is 1060. The van der Waals surface area contributed by atoms with E-state index in [0.717, 1.165) is 28.3 Å². The highest BCUT2D eigenvalue weighted by molar-refractivity contribution is 5.94. The average molecular weight is 382 g/mol. The van der Waals surface area contributed by atoms with Gasteiger partial charge in [0.05, 0.1) is 23.1 Å². The summed E-state index contributed by atoms with van der Waals surface area (Å²) in [4.78, 5) is 17.4. The van der Waals surface area contributed by atoms with Crippen LogP contribution in [0, 0.1) is 13.8 Å². The van der Waals surface area contributed by atoms with Crippen LogP contribution in [-0.4, -0.2) is 20.7 Å². The van der Waals surface area contributed by atoms with Gasteiger partial charge in [-0.3, -0.25) is 9.78 Å². The smallest absolute Gasteiger partial charge is 0.252 e. The second-order valence-electron chi connectivity index (χ2n) is 6.96. The average Bonchev–Trinajstić information content (AvgIpc) is 3.11. The maximum Gasteiger partial charge on any atom is 0.252 e. The molecular weight excluding hydrogens is 360 g/mol. The summed E-state index contributed by atoms with van der Waals surface area (Å²) < 4.78 is 1.87. The molecule has 4 aromatic rings. The van der Waals surface area contributed by atoms with Crippen molar-refractivity contribution in [3.63, 3.8) is 0 Å². The van der Waals surface area contributed by atoms with Gasteiger partial charge in [0.2, 0.25) is 0 Å². The zero-order valence-electron chi connectivity index (χ0n) is 16.4. The van der Waals surface area contributed by atoms with Gasteiger partial charge in [-0.05, 0) is 61.9 Å². The molecule has 144 valence electrons. The minimum atomic E-state index is -0.319. The van der Waals surface area contributed by atoms with Crippen LogP contribution in [0.4, 0.5) is 0 Å². The number of aromatic nitrogens is 3. The third kappa shape index (κ3) is 4.09. The van der Waals surface area contributed by atoms with Crippen LogP contribution < -0.4 is 5.32 Å². The minimum absolute atomic E-state index is 0.149. The van der Waals surface area contributed by atoms with Gasteiger partial charge in [0.15, 0.2) is 0 Å². The number of amides is 1. The number of carbonyl (C=O) groups is 1. The molecule has 2 aromatic heterocycles. The summed E-state index contributed by atoms with van der Waals surface area (Å²) in [5.74, 6) is -0.149. The van der Waals surface area contributed by atoms with E-state index in [1.54, 1.807) is 6.20 Å². The topological polar surface area (TPSA) is 59.8 Å². The lowest BCUT2D eigenvalue weighted by Crippen LogP contribution is -2.29. The molecule has 0 aliphatic rings. The van der Waals surface area contributed by atoms with Crippen LogP contribution in [0.2, 0.25) is 0 Å². The molecule has 0 spiro atoms. The lowest BCUT2D eigenvalue weighted by molar-refractivity contribution is 0.0942. The first-order valence-corrected chi connectivity index (χ1v) is 9.52. The van der Waals surface area contributed by atoms with E-state index in [4.69, 9.17) is 0 Å². The Morgan fingerprint density at radius 2 is 1.66 bits per heavy atom. The van der Waals surface area contributed by atoms with Crippen LogP contribution in [0.1, 0.15) is 39.0 Å². The molecule has 0 radical (unpaired) electrons. The standard InChI is InChI=1S/C24H22N4O/c1-17-16-18(2)28(27-17)21-13-11-20(12-14-21)24(29)26-23(19-8-4-3-5-9-19)22-10-6-7-15-25-22/h3-16,23H,1-2H3,(H,26,29). The molecule has 0 fully saturated rings. The number of aryl methyl sites for hydroxylation is 2. The molecule has 2 aromatic carbocycles. The molecule has 0 bridgehead atoms. The van der Waals surface area contributed by atoms with Gasteiger partial charge < -0.3 is 5.32 Å². The molecule has 1 amide bonds. The van der Waals surface area contributed by atoms with Crippen LogP contribution in [0.3, 0.4) is 0 Å². The van der Waals surface area contributed by atoms with Crippen molar-refractivity contribution in [2.45, 2.75) is 19.9 Å². The molecule has 1 unspecified atom stereocenters. The van der Waals surface area contributed by atoms with Crippen LogP contribution in [-0.2, 0) is 0 Å². The van der Waals surface area contributed by atoms with E-state index in [-0.39, 0.29) is 11.9 Å². The van der Waals surface area contributed by atoms with Crippen molar-refractivity contribution in [3.05, 3.63) is 113 Å². The highest BCUT2D eigenvalue weighted by atomic mass is 16.1. The monoisotopic (exact) mass is 382 g/mol. The Kier molecular flexibility index (Phi) is 5.20. The second-order valence-corrected chi connectivity index (χ2v) is 6.96. The SMILES string of the molecule is Cc1cc(C)n(-c2ccc(C(=O)NC(c3ccccc3)c3ccccn3)cc2)n1. The van der Waals surface area contributed by atoms with Crippen molar-refractivity contribution in [2.75, 3.05) is 0 Å². The van der Waals surface area contributed by atoms with Crippen molar-refractivity contribution in [3.8, 4) is 5.69 Å². The Balaban J connectivity index is 1.59. The zero-order chi connectivity index (χ0) is 20.2. The first kappa shape index (κ1) is 18.6. The van der Waals surface area contributed by atoms with Crippen LogP contribution in [0.15, 0.2) is 85.1 Å². The number of hydrogen-bond donors (Lipinski definition) is 1. The van der Waals surface area contributed by atoms with E-state index in [0.29, 0.717) is 5.56 Å². The van der Waals surface area contributed by atoms with Gasteiger partial charge in [-0.15, -0.1) is 0 Å². The molecule has 29 heavy (non-hydrogen) atoms. The van der Waals surface area contributed by atoms with Gasteiger partial charge in [-0.2, -0.15) is 5.10 Å². The lowest BCUT2D eigenvalue weighted by Gasteiger charge is -2.19. The first-order valence-electron chi connectivity index (χ1n) is 9.52. The third-order valence-corrected chi connectivity index (χ3v) is 4.78. The zero-order valence-corrected chi connectivity index (χ0v) is 16.4. The first-order chi connectivity index (χ1) is 14.1. The van der Waals surface area contributed by atoms with Gasteiger partial charge in [-0.1, -0.05) is 36.4 Å². The van der Waals surface area contributed by atoms with E-state index < -0.39 is 0 Å². The molecule has 0 aliphatic heterocycles. The van der Waals surface area contributed by atoms with E-state index in [1.165, 1.54) is 0 Å². The van der Waals surface area contributed by atoms with Gasteiger partial charge >= 0.3 is 0 Å².